The number of nitrogens with zero attached hydrogens (tertiary/aromatic N) is 3. The molecular weight excluding hydrogens is 501 g/mol. The van der Waals surface area contributed by atoms with Crippen LogP contribution in [0.3, 0.4) is 0 Å². The number of ether oxygens (including phenoxy) is 3. The van der Waals surface area contributed by atoms with Gasteiger partial charge in [-0.1, -0.05) is 12.1 Å². The maximum atomic E-state index is 14.3. The van der Waals surface area contributed by atoms with Crippen molar-refractivity contribution in [2.75, 3.05) is 59.5 Å². The van der Waals surface area contributed by atoms with Crippen LogP contribution in [0.15, 0.2) is 60.7 Å². The Hall–Kier alpha value is -4.27. The molecule has 0 bridgehead atoms. The Balaban J connectivity index is 1.52. The molecule has 0 aromatic heterocycles. The van der Waals surface area contributed by atoms with E-state index in [0.29, 0.717) is 54.6 Å². The molecule has 2 aliphatic rings. The molecule has 2 amide bonds. The second-order valence-electron chi connectivity index (χ2n) is 9.69. The first-order valence-electron chi connectivity index (χ1n) is 12.8. The van der Waals surface area contributed by atoms with Crippen molar-refractivity contribution in [1.29, 1.82) is 0 Å². The molecule has 3 aromatic rings. The number of hydrogen-bond acceptors (Lipinski definition) is 6. The highest BCUT2D eigenvalue weighted by atomic mass is 19.1. The Morgan fingerprint density at radius 3 is 2.05 bits per heavy atom. The predicted octanol–water partition coefficient (Wildman–Crippen LogP) is 4.11. The summed E-state index contributed by atoms with van der Waals surface area (Å²) < 4.78 is 29.8. The van der Waals surface area contributed by atoms with Crippen LogP contribution in [0.1, 0.15) is 33.4 Å². The van der Waals surface area contributed by atoms with Crippen LogP contribution in [0.4, 0.5) is 10.1 Å². The monoisotopic (exact) mass is 533 g/mol. The van der Waals surface area contributed by atoms with Gasteiger partial charge in [-0.3, -0.25) is 9.59 Å². The Kier molecular flexibility index (Phi) is 7.32. The fourth-order valence-electron chi connectivity index (χ4n) is 5.57. The van der Waals surface area contributed by atoms with Crippen molar-refractivity contribution in [3.63, 3.8) is 0 Å². The zero-order chi connectivity index (χ0) is 27.7. The van der Waals surface area contributed by atoms with Crippen molar-refractivity contribution in [2.24, 2.45) is 0 Å². The Labute approximate surface area is 227 Å². The smallest absolute Gasteiger partial charge is 0.254 e. The summed E-state index contributed by atoms with van der Waals surface area (Å²) in [4.78, 5) is 33.6. The SMILES string of the molecule is COc1ccc(C2C(C(=O)N3CCN(c4ccc(F)cc4)CC3)c3cc(OC)c(OC)cc3C(=O)N2C)cc1. The van der Waals surface area contributed by atoms with Gasteiger partial charge < -0.3 is 28.9 Å². The second-order valence-corrected chi connectivity index (χ2v) is 9.69. The molecule has 204 valence electrons. The maximum Gasteiger partial charge on any atom is 0.254 e. The van der Waals surface area contributed by atoms with Gasteiger partial charge in [0.2, 0.25) is 5.91 Å². The molecule has 3 aromatic carbocycles. The minimum atomic E-state index is -0.659. The molecule has 2 heterocycles. The van der Waals surface area contributed by atoms with Crippen LogP contribution in [-0.4, -0.2) is 76.2 Å². The summed E-state index contributed by atoms with van der Waals surface area (Å²) in [6, 6.07) is 16.7. The van der Waals surface area contributed by atoms with Gasteiger partial charge in [0.25, 0.3) is 5.91 Å². The zero-order valence-electron chi connectivity index (χ0n) is 22.5. The molecule has 1 fully saturated rings. The van der Waals surface area contributed by atoms with Crippen LogP contribution in [0.25, 0.3) is 0 Å². The van der Waals surface area contributed by atoms with Crippen molar-refractivity contribution in [1.82, 2.24) is 9.80 Å². The van der Waals surface area contributed by atoms with E-state index in [-0.39, 0.29) is 17.6 Å². The molecule has 9 heteroatoms. The summed E-state index contributed by atoms with van der Waals surface area (Å²) in [6.45, 7) is 2.24. The van der Waals surface area contributed by atoms with Gasteiger partial charge in [-0.15, -0.1) is 0 Å². The average Bonchev–Trinajstić information content (AvgIpc) is 2.98. The highest BCUT2D eigenvalue weighted by Crippen LogP contribution is 2.46. The number of carbonyl (C=O) groups is 2. The molecule has 2 atom stereocenters. The summed E-state index contributed by atoms with van der Waals surface area (Å²) in [7, 11) is 6.38. The number of carbonyl (C=O) groups excluding carboxylic acids is 2. The third-order valence-electron chi connectivity index (χ3n) is 7.68. The van der Waals surface area contributed by atoms with E-state index in [1.165, 1.54) is 26.4 Å². The number of anilines is 1. The fourth-order valence-corrected chi connectivity index (χ4v) is 5.57. The van der Waals surface area contributed by atoms with E-state index in [0.717, 1.165) is 11.3 Å². The van der Waals surface area contributed by atoms with Crippen molar-refractivity contribution < 1.29 is 28.2 Å². The second kappa shape index (κ2) is 10.8. The molecule has 2 aliphatic heterocycles. The normalized spacial score (nSPS) is 19.0. The van der Waals surface area contributed by atoms with E-state index in [2.05, 4.69) is 4.90 Å². The van der Waals surface area contributed by atoms with E-state index in [9.17, 15) is 14.0 Å². The van der Waals surface area contributed by atoms with Gasteiger partial charge in [-0.05, 0) is 59.7 Å². The highest BCUT2D eigenvalue weighted by Gasteiger charge is 2.45. The summed E-state index contributed by atoms with van der Waals surface area (Å²) in [5.74, 6) is 0.377. The standard InChI is InChI=1S/C30H32FN3O5/c1-32-28(19-5-11-22(37-2)12-6-19)27(23-17-25(38-3)26(39-4)18-24(23)29(32)35)30(36)34-15-13-33(14-16-34)21-9-7-20(31)8-10-21/h5-12,17-18,27-28H,13-16H2,1-4H3. The van der Waals surface area contributed by atoms with Gasteiger partial charge >= 0.3 is 0 Å². The maximum absolute atomic E-state index is 14.3. The molecule has 0 radical (unpaired) electrons. The number of hydrogen-bond donors (Lipinski definition) is 0. The summed E-state index contributed by atoms with van der Waals surface area (Å²) in [5.41, 5.74) is 2.78. The summed E-state index contributed by atoms with van der Waals surface area (Å²) >= 11 is 0. The summed E-state index contributed by atoms with van der Waals surface area (Å²) in [6.07, 6.45) is 0. The number of halogens is 1. The first kappa shape index (κ1) is 26.3. The first-order valence-corrected chi connectivity index (χ1v) is 12.8. The largest absolute Gasteiger partial charge is 0.497 e. The number of benzene rings is 3. The van der Waals surface area contributed by atoms with E-state index < -0.39 is 12.0 Å². The molecule has 0 aliphatic carbocycles. The first-order chi connectivity index (χ1) is 18.9. The van der Waals surface area contributed by atoms with Gasteiger partial charge in [0, 0.05) is 44.5 Å². The van der Waals surface area contributed by atoms with Crippen LogP contribution >= 0.6 is 0 Å². The Morgan fingerprint density at radius 1 is 0.846 bits per heavy atom. The molecule has 5 rings (SSSR count). The molecule has 0 saturated carbocycles. The number of fused-ring (bicyclic) bond motifs is 1. The topological polar surface area (TPSA) is 71.5 Å². The van der Waals surface area contributed by atoms with Crippen LogP contribution in [0, 0.1) is 5.82 Å². The molecule has 0 spiro atoms. The minimum Gasteiger partial charge on any atom is -0.497 e. The fraction of sp³-hybridized carbons (Fsp3) is 0.333. The Bertz CT molecular complexity index is 1350. The number of methoxy groups -OCH3 is 3. The lowest BCUT2D eigenvalue weighted by atomic mass is 9.78. The number of piperazine rings is 1. The van der Waals surface area contributed by atoms with Gasteiger partial charge in [-0.25, -0.2) is 4.39 Å². The third kappa shape index (κ3) is 4.84. The molecule has 39 heavy (non-hydrogen) atoms. The van der Waals surface area contributed by atoms with E-state index >= 15 is 0 Å². The van der Waals surface area contributed by atoms with Gasteiger partial charge in [0.05, 0.1) is 33.3 Å². The lowest BCUT2D eigenvalue weighted by Crippen LogP contribution is -2.53. The van der Waals surface area contributed by atoms with E-state index in [1.54, 1.807) is 43.3 Å². The molecule has 1 saturated heterocycles. The number of likely N-dealkylation sites (N-methyl/N-ethyl adjacent to an activating group) is 1. The number of rotatable bonds is 6. The molecule has 8 nitrogen and oxygen atoms in total. The highest BCUT2D eigenvalue weighted by molar-refractivity contribution is 6.02. The van der Waals surface area contributed by atoms with Crippen molar-refractivity contribution in [2.45, 2.75) is 12.0 Å². The molecule has 2 unspecified atom stereocenters. The number of amides is 2. The van der Waals surface area contributed by atoms with Crippen molar-refractivity contribution in [3.05, 3.63) is 83.2 Å². The van der Waals surface area contributed by atoms with Gasteiger partial charge in [-0.2, -0.15) is 0 Å². The molecular formula is C30H32FN3O5. The van der Waals surface area contributed by atoms with E-state index in [4.69, 9.17) is 14.2 Å². The van der Waals surface area contributed by atoms with Crippen LogP contribution in [0.2, 0.25) is 0 Å². The Morgan fingerprint density at radius 2 is 1.46 bits per heavy atom. The molecule has 0 N–H and O–H groups in total. The van der Waals surface area contributed by atoms with Crippen LogP contribution in [-0.2, 0) is 4.79 Å². The van der Waals surface area contributed by atoms with Gasteiger partial charge in [0.15, 0.2) is 11.5 Å². The average molecular weight is 534 g/mol. The minimum absolute atomic E-state index is 0.0672. The van der Waals surface area contributed by atoms with E-state index in [1.807, 2.05) is 29.2 Å². The van der Waals surface area contributed by atoms with Crippen molar-refractivity contribution in [3.8, 4) is 17.2 Å². The lowest BCUT2D eigenvalue weighted by Gasteiger charge is -2.43. The quantitative estimate of drug-likeness (QED) is 0.475. The van der Waals surface area contributed by atoms with Crippen LogP contribution < -0.4 is 19.1 Å². The zero-order valence-corrected chi connectivity index (χ0v) is 22.5. The predicted molar refractivity (Wildman–Crippen MR) is 145 cm³/mol. The lowest BCUT2D eigenvalue weighted by molar-refractivity contribution is -0.134. The van der Waals surface area contributed by atoms with Gasteiger partial charge in [0.1, 0.15) is 11.6 Å². The summed E-state index contributed by atoms with van der Waals surface area (Å²) in [5, 5.41) is 0. The third-order valence-corrected chi connectivity index (χ3v) is 7.68. The van der Waals surface area contributed by atoms with Crippen molar-refractivity contribution >= 4 is 17.5 Å². The van der Waals surface area contributed by atoms with Crippen LogP contribution in [0.5, 0.6) is 17.2 Å².